The van der Waals surface area contributed by atoms with Crippen molar-refractivity contribution in [3.8, 4) is 0 Å². The predicted molar refractivity (Wildman–Crippen MR) is 92.5 cm³/mol. The lowest BCUT2D eigenvalue weighted by Gasteiger charge is -2.18. The smallest absolute Gasteiger partial charge is 0.165 e. The van der Waals surface area contributed by atoms with Crippen molar-refractivity contribution in [3.05, 3.63) is 88.6 Å². The van der Waals surface area contributed by atoms with Gasteiger partial charge in [-0.05, 0) is 34.5 Å². The molecule has 0 saturated heterocycles. The maximum absolute atomic E-state index is 12.5. The number of hydrogen-bond donors (Lipinski definition) is 1. The highest BCUT2D eigenvalue weighted by Crippen LogP contribution is 2.26. The van der Waals surface area contributed by atoms with E-state index >= 15 is 0 Å². The van der Waals surface area contributed by atoms with Crippen molar-refractivity contribution in [1.29, 1.82) is 0 Å². The highest BCUT2D eigenvalue weighted by atomic mass is 32.1. The van der Waals surface area contributed by atoms with Crippen molar-refractivity contribution in [2.75, 3.05) is 5.32 Å². The van der Waals surface area contributed by atoms with E-state index < -0.39 is 0 Å². The minimum atomic E-state index is -0.0126. The summed E-state index contributed by atoms with van der Waals surface area (Å²) in [5, 5.41) is 7.61. The fourth-order valence-electron chi connectivity index (χ4n) is 2.39. The first-order valence-electron chi connectivity index (χ1n) is 7.25. The molecule has 1 atom stereocenters. The van der Waals surface area contributed by atoms with Crippen molar-refractivity contribution >= 4 is 22.8 Å². The van der Waals surface area contributed by atoms with E-state index in [1.165, 1.54) is 0 Å². The van der Waals surface area contributed by atoms with Gasteiger partial charge in [0.25, 0.3) is 0 Å². The molecule has 0 bridgehead atoms. The normalized spacial score (nSPS) is 11.8. The van der Waals surface area contributed by atoms with E-state index in [-0.39, 0.29) is 11.8 Å². The molecule has 1 unspecified atom stereocenters. The van der Waals surface area contributed by atoms with Gasteiger partial charge in [0.15, 0.2) is 5.78 Å². The molecule has 3 aromatic rings. The Labute approximate surface area is 134 Å². The molecule has 22 heavy (non-hydrogen) atoms. The summed E-state index contributed by atoms with van der Waals surface area (Å²) in [7, 11) is 0. The molecule has 0 fully saturated rings. The molecule has 2 aromatic carbocycles. The zero-order valence-electron chi connectivity index (χ0n) is 12.1. The fraction of sp³-hybridized carbons (Fsp3) is 0.105. The second kappa shape index (κ2) is 7.05. The molecule has 110 valence electrons. The number of carbonyl (C=O) groups excluding carboxylic acids is 1. The maximum atomic E-state index is 12.5. The zero-order valence-corrected chi connectivity index (χ0v) is 12.9. The molecule has 1 aromatic heterocycles. The molecule has 0 aliphatic carbocycles. The molecule has 0 radical (unpaired) electrons. The largest absolute Gasteiger partial charge is 0.378 e. The van der Waals surface area contributed by atoms with Gasteiger partial charge in [-0.3, -0.25) is 4.79 Å². The summed E-state index contributed by atoms with van der Waals surface area (Å²) in [5.74, 6) is 0.153. The van der Waals surface area contributed by atoms with Gasteiger partial charge in [0, 0.05) is 17.7 Å². The quantitative estimate of drug-likeness (QED) is 0.636. The lowest BCUT2D eigenvalue weighted by Crippen LogP contribution is -2.15. The van der Waals surface area contributed by atoms with E-state index in [2.05, 4.69) is 16.8 Å². The van der Waals surface area contributed by atoms with Crippen LogP contribution in [-0.4, -0.2) is 5.78 Å². The molecule has 0 saturated carbocycles. The summed E-state index contributed by atoms with van der Waals surface area (Å²) in [6, 6.07) is 21.5. The Morgan fingerprint density at radius 2 is 1.64 bits per heavy atom. The first-order valence-corrected chi connectivity index (χ1v) is 8.19. The van der Waals surface area contributed by atoms with Crippen LogP contribution in [0.5, 0.6) is 0 Å². The fourth-order valence-corrected chi connectivity index (χ4v) is 3.10. The highest BCUT2D eigenvalue weighted by molar-refractivity contribution is 7.08. The van der Waals surface area contributed by atoms with Gasteiger partial charge in [-0.1, -0.05) is 48.5 Å². The minimum Gasteiger partial charge on any atom is -0.378 e. The van der Waals surface area contributed by atoms with Crippen LogP contribution in [0.3, 0.4) is 0 Å². The van der Waals surface area contributed by atoms with Gasteiger partial charge in [0.1, 0.15) is 0 Å². The van der Waals surface area contributed by atoms with Gasteiger partial charge in [0.05, 0.1) is 6.04 Å². The van der Waals surface area contributed by atoms with Crippen molar-refractivity contribution in [2.24, 2.45) is 0 Å². The third kappa shape index (κ3) is 3.62. The van der Waals surface area contributed by atoms with Gasteiger partial charge in [-0.15, -0.1) is 0 Å². The Bertz CT molecular complexity index is 708. The SMILES string of the molecule is O=C(CC(Nc1ccccc1)c1ccsc1)c1ccccc1. The van der Waals surface area contributed by atoms with Crippen molar-refractivity contribution in [3.63, 3.8) is 0 Å². The van der Waals surface area contributed by atoms with E-state index in [0.717, 1.165) is 16.8 Å². The molecule has 0 aliphatic rings. The lowest BCUT2D eigenvalue weighted by atomic mass is 9.99. The second-order valence-corrected chi connectivity index (χ2v) is 5.89. The molecule has 2 nitrogen and oxygen atoms in total. The number of Topliss-reactive ketones (excluding diaryl/α,β-unsaturated/α-hetero) is 1. The Morgan fingerprint density at radius 1 is 0.955 bits per heavy atom. The van der Waals surface area contributed by atoms with Crippen LogP contribution in [0.2, 0.25) is 0 Å². The highest BCUT2D eigenvalue weighted by Gasteiger charge is 2.17. The summed E-state index contributed by atoms with van der Waals surface area (Å²) >= 11 is 1.65. The van der Waals surface area contributed by atoms with Crippen LogP contribution >= 0.6 is 11.3 Å². The van der Waals surface area contributed by atoms with Crippen molar-refractivity contribution in [2.45, 2.75) is 12.5 Å². The van der Waals surface area contributed by atoms with Crippen molar-refractivity contribution < 1.29 is 4.79 Å². The van der Waals surface area contributed by atoms with Crippen molar-refractivity contribution in [1.82, 2.24) is 0 Å². The summed E-state index contributed by atoms with van der Waals surface area (Å²) < 4.78 is 0. The van der Waals surface area contributed by atoms with E-state index in [0.29, 0.717) is 6.42 Å². The predicted octanol–water partition coefficient (Wildman–Crippen LogP) is 5.17. The summed E-state index contributed by atoms with van der Waals surface area (Å²) in [6.45, 7) is 0. The molecule has 0 spiro atoms. The first-order chi connectivity index (χ1) is 10.8. The number of anilines is 1. The summed E-state index contributed by atoms with van der Waals surface area (Å²) in [6.07, 6.45) is 0.440. The Morgan fingerprint density at radius 3 is 2.27 bits per heavy atom. The third-order valence-corrected chi connectivity index (χ3v) is 4.25. The van der Waals surface area contributed by atoms with Crippen LogP contribution in [0.25, 0.3) is 0 Å². The number of carbonyl (C=O) groups is 1. The number of ketones is 1. The van der Waals surface area contributed by atoms with Crippen LogP contribution in [-0.2, 0) is 0 Å². The molecular weight excluding hydrogens is 290 g/mol. The van der Waals surface area contributed by atoms with Gasteiger partial charge in [-0.2, -0.15) is 11.3 Å². The van der Waals surface area contributed by atoms with Crippen LogP contribution < -0.4 is 5.32 Å². The molecule has 1 heterocycles. The standard InChI is InChI=1S/C19H17NOS/c21-19(15-7-3-1-4-8-15)13-18(16-11-12-22-14-16)20-17-9-5-2-6-10-17/h1-12,14,18,20H,13H2. The third-order valence-electron chi connectivity index (χ3n) is 3.55. The van der Waals surface area contributed by atoms with Crippen LogP contribution in [0.1, 0.15) is 28.4 Å². The molecule has 0 amide bonds. The summed E-state index contributed by atoms with van der Waals surface area (Å²) in [5.41, 5.74) is 2.94. The Hall–Kier alpha value is -2.39. The molecule has 3 heteroatoms. The number of benzene rings is 2. The average Bonchev–Trinajstić information content (AvgIpc) is 3.10. The second-order valence-electron chi connectivity index (χ2n) is 5.11. The van der Waals surface area contributed by atoms with E-state index in [4.69, 9.17) is 0 Å². The first kappa shape index (κ1) is 14.5. The van der Waals surface area contributed by atoms with Gasteiger partial charge >= 0.3 is 0 Å². The zero-order chi connectivity index (χ0) is 15.2. The monoisotopic (exact) mass is 307 g/mol. The molecule has 1 N–H and O–H groups in total. The number of nitrogens with one attached hydrogen (secondary N) is 1. The van der Waals surface area contributed by atoms with E-state index in [1.807, 2.05) is 66.0 Å². The topological polar surface area (TPSA) is 29.1 Å². The maximum Gasteiger partial charge on any atom is 0.165 e. The average molecular weight is 307 g/mol. The van der Waals surface area contributed by atoms with Crippen LogP contribution in [0.15, 0.2) is 77.5 Å². The number of rotatable bonds is 6. The number of thiophene rings is 1. The van der Waals surface area contributed by atoms with Gasteiger partial charge in [0.2, 0.25) is 0 Å². The number of hydrogen-bond acceptors (Lipinski definition) is 3. The van der Waals surface area contributed by atoms with E-state index in [1.54, 1.807) is 11.3 Å². The van der Waals surface area contributed by atoms with Crippen LogP contribution in [0, 0.1) is 0 Å². The lowest BCUT2D eigenvalue weighted by molar-refractivity contribution is 0.0976. The molecule has 0 aliphatic heterocycles. The molecule has 3 rings (SSSR count). The summed E-state index contributed by atoms with van der Waals surface area (Å²) in [4.78, 5) is 12.5. The van der Waals surface area contributed by atoms with Crippen LogP contribution in [0.4, 0.5) is 5.69 Å². The number of para-hydroxylation sites is 1. The van der Waals surface area contributed by atoms with Gasteiger partial charge in [-0.25, -0.2) is 0 Å². The Balaban J connectivity index is 1.79. The van der Waals surface area contributed by atoms with Gasteiger partial charge < -0.3 is 5.32 Å². The molecular formula is C19H17NOS. The Kier molecular flexibility index (Phi) is 4.66. The van der Waals surface area contributed by atoms with E-state index in [9.17, 15) is 4.79 Å². The minimum absolute atomic E-state index is 0.0126.